The molecule has 1 amide bonds. The highest BCUT2D eigenvalue weighted by Crippen LogP contribution is 2.38. The number of ether oxygens (including phenoxy) is 3. The molecule has 0 saturated carbocycles. The van der Waals surface area contributed by atoms with Gasteiger partial charge in [0.05, 0.1) is 19.2 Å². The predicted molar refractivity (Wildman–Crippen MR) is 90.5 cm³/mol. The van der Waals surface area contributed by atoms with E-state index in [-0.39, 0.29) is 12.3 Å². The van der Waals surface area contributed by atoms with Gasteiger partial charge in [-0.3, -0.25) is 4.79 Å². The lowest BCUT2D eigenvalue weighted by molar-refractivity contribution is -0.115. The third-order valence-corrected chi connectivity index (χ3v) is 4.06. The van der Waals surface area contributed by atoms with Crippen LogP contribution in [0.15, 0.2) is 40.9 Å². The maximum Gasteiger partial charge on any atom is 0.228 e. The number of halogens is 1. The summed E-state index contributed by atoms with van der Waals surface area (Å²) in [6, 6.07) is 11.0. The summed E-state index contributed by atoms with van der Waals surface area (Å²) in [5.74, 6) is 1.93. The highest BCUT2D eigenvalue weighted by molar-refractivity contribution is 9.10. The second kappa shape index (κ2) is 6.91. The van der Waals surface area contributed by atoms with Crippen molar-refractivity contribution in [2.24, 2.45) is 0 Å². The number of rotatable bonds is 4. The normalized spacial score (nSPS) is 12.6. The molecule has 2 aromatic rings. The van der Waals surface area contributed by atoms with E-state index in [0.29, 0.717) is 30.4 Å². The van der Waals surface area contributed by atoms with E-state index in [9.17, 15) is 4.79 Å². The highest BCUT2D eigenvalue weighted by Gasteiger charge is 2.16. The Labute approximate surface area is 142 Å². The van der Waals surface area contributed by atoms with Crippen LogP contribution in [-0.4, -0.2) is 26.2 Å². The Kier molecular flexibility index (Phi) is 4.71. The molecule has 0 spiro atoms. The molecule has 1 N–H and O–H groups in total. The molecule has 0 atom stereocenters. The van der Waals surface area contributed by atoms with Gasteiger partial charge in [0, 0.05) is 16.6 Å². The summed E-state index contributed by atoms with van der Waals surface area (Å²) in [5, 5.41) is 2.88. The fraction of sp³-hybridized carbons (Fsp3) is 0.235. The van der Waals surface area contributed by atoms with Gasteiger partial charge in [0.25, 0.3) is 0 Å². The van der Waals surface area contributed by atoms with Crippen molar-refractivity contribution in [1.29, 1.82) is 0 Å². The molecule has 0 bridgehead atoms. The molecule has 0 saturated heterocycles. The second-order valence-electron chi connectivity index (χ2n) is 5.05. The Morgan fingerprint density at radius 2 is 1.96 bits per heavy atom. The van der Waals surface area contributed by atoms with Crippen LogP contribution >= 0.6 is 15.9 Å². The van der Waals surface area contributed by atoms with E-state index >= 15 is 0 Å². The van der Waals surface area contributed by atoms with Gasteiger partial charge in [-0.25, -0.2) is 0 Å². The molecular weight excluding hydrogens is 362 g/mol. The van der Waals surface area contributed by atoms with Crippen molar-refractivity contribution < 1.29 is 19.0 Å². The molecule has 0 aromatic heterocycles. The Morgan fingerprint density at radius 3 is 2.70 bits per heavy atom. The average Bonchev–Trinajstić information content (AvgIpc) is 2.55. The van der Waals surface area contributed by atoms with Gasteiger partial charge >= 0.3 is 0 Å². The smallest absolute Gasteiger partial charge is 0.228 e. The summed E-state index contributed by atoms with van der Waals surface area (Å²) < 4.78 is 17.0. The van der Waals surface area contributed by atoms with Crippen molar-refractivity contribution in [3.05, 3.63) is 46.4 Å². The molecule has 1 heterocycles. The van der Waals surface area contributed by atoms with Crippen LogP contribution in [-0.2, 0) is 11.2 Å². The lowest BCUT2D eigenvalue weighted by atomic mass is 10.1. The number of methoxy groups -OCH3 is 1. The van der Waals surface area contributed by atoms with Gasteiger partial charge in [0.1, 0.15) is 19.0 Å². The first kappa shape index (κ1) is 15.7. The number of carbonyl (C=O) groups excluding carboxylic acids is 1. The van der Waals surface area contributed by atoms with E-state index in [2.05, 4.69) is 21.2 Å². The minimum absolute atomic E-state index is 0.115. The first-order valence-corrected chi connectivity index (χ1v) is 7.97. The Balaban J connectivity index is 1.72. The summed E-state index contributed by atoms with van der Waals surface area (Å²) in [4.78, 5) is 12.3. The number of benzene rings is 2. The van der Waals surface area contributed by atoms with Gasteiger partial charge in [-0.2, -0.15) is 0 Å². The fourth-order valence-electron chi connectivity index (χ4n) is 2.32. The summed E-state index contributed by atoms with van der Waals surface area (Å²) >= 11 is 3.44. The van der Waals surface area contributed by atoms with Crippen LogP contribution in [0.3, 0.4) is 0 Å². The van der Waals surface area contributed by atoms with Crippen LogP contribution in [0, 0.1) is 0 Å². The van der Waals surface area contributed by atoms with Crippen LogP contribution < -0.4 is 19.5 Å². The summed E-state index contributed by atoms with van der Waals surface area (Å²) in [5.41, 5.74) is 1.54. The summed E-state index contributed by atoms with van der Waals surface area (Å²) in [7, 11) is 1.60. The molecule has 1 aliphatic heterocycles. The predicted octanol–water partition coefficient (Wildman–Crippen LogP) is 3.41. The standard InChI is InChI=1S/C17H16BrNO4/c1-21-12-4-2-3-11(7-12)8-17(20)19-14-10-16-15(9-13(14)18)22-5-6-23-16/h2-4,7,9-10H,5-6,8H2,1H3,(H,19,20). The summed E-state index contributed by atoms with van der Waals surface area (Å²) in [6.45, 7) is 1.03. The molecule has 2 aromatic carbocycles. The average molecular weight is 378 g/mol. The largest absolute Gasteiger partial charge is 0.497 e. The third kappa shape index (κ3) is 3.76. The molecule has 3 rings (SSSR count). The highest BCUT2D eigenvalue weighted by atomic mass is 79.9. The van der Waals surface area contributed by atoms with Crippen molar-refractivity contribution in [3.8, 4) is 17.2 Å². The van der Waals surface area contributed by atoms with E-state index in [1.165, 1.54) is 0 Å². The third-order valence-electron chi connectivity index (χ3n) is 3.40. The molecule has 1 aliphatic rings. The molecule has 0 aliphatic carbocycles. The van der Waals surface area contributed by atoms with Gasteiger partial charge in [0.2, 0.25) is 5.91 Å². The number of anilines is 1. The number of hydrogen-bond acceptors (Lipinski definition) is 4. The van der Waals surface area contributed by atoms with Crippen molar-refractivity contribution in [2.45, 2.75) is 6.42 Å². The Morgan fingerprint density at radius 1 is 1.22 bits per heavy atom. The minimum atomic E-state index is -0.115. The maximum atomic E-state index is 12.3. The number of hydrogen-bond donors (Lipinski definition) is 1. The maximum absolute atomic E-state index is 12.3. The molecule has 120 valence electrons. The van der Waals surface area contributed by atoms with Crippen molar-refractivity contribution >= 4 is 27.5 Å². The molecule has 0 fully saturated rings. The number of amides is 1. The van der Waals surface area contributed by atoms with Crippen LogP contribution in [0.5, 0.6) is 17.2 Å². The van der Waals surface area contributed by atoms with Gasteiger partial charge in [0.15, 0.2) is 11.5 Å². The van der Waals surface area contributed by atoms with E-state index in [4.69, 9.17) is 14.2 Å². The molecule has 23 heavy (non-hydrogen) atoms. The van der Waals surface area contributed by atoms with Gasteiger partial charge in [-0.1, -0.05) is 12.1 Å². The van der Waals surface area contributed by atoms with Crippen LogP contribution in [0.25, 0.3) is 0 Å². The fourth-order valence-corrected chi connectivity index (χ4v) is 2.74. The van der Waals surface area contributed by atoms with Crippen molar-refractivity contribution in [1.82, 2.24) is 0 Å². The molecule has 5 nitrogen and oxygen atoms in total. The monoisotopic (exact) mass is 377 g/mol. The van der Waals surface area contributed by atoms with Crippen LogP contribution in [0.2, 0.25) is 0 Å². The van der Waals surface area contributed by atoms with Gasteiger partial charge in [-0.05, 0) is 33.6 Å². The molecule has 0 radical (unpaired) electrons. The van der Waals surface area contributed by atoms with Crippen LogP contribution in [0.4, 0.5) is 5.69 Å². The number of nitrogens with one attached hydrogen (secondary N) is 1. The molecular formula is C17H16BrNO4. The zero-order valence-electron chi connectivity index (χ0n) is 12.6. The Hall–Kier alpha value is -2.21. The van der Waals surface area contributed by atoms with E-state index < -0.39 is 0 Å². The van der Waals surface area contributed by atoms with E-state index in [1.807, 2.05) is 24.3 Å². The first-order chi connectivity index (χ1) is 11.2. The molecule has 6 heteroatoms. The van der Waals surface area contributed by atoms with E-state index in [1.54, 1.807) is 19.2 Å². The SMILES string of the molecule is COc1cccc(CC(=O)Nc2cc3c(cc2Br)OCCO3)c1. The number of fused-ring (bicyclic) bond motifs is 1. The zero-order chi connectivity index (χ0) is 16.2. The second-order valence-corrected chi connectivity index (χ2v) is 5.91. The summed E-state index contributed by atoms with van der Waals surface area (Å²) in [6.07, 6.45) is 0.262. The number of carbonyl (C=O) groups is 1. The quantitative estimate of drug-likeness (QED) is 0.886. The Bertz CT molecular complexity index is 733. The first-order valence-electron chi connectivity index (χ1n) is 7.17. The van der Waals surface area contributed by atoms with Crippen LogP contribution in [0.1, 0.15) is 5.56 Å². The minimum Gasteiger partial charge on any atom is -0.497 e. The van der Waals surface area contributed by atoms with Gasteiger partial charge in [-0.15, -0.1) is 0 Å². The van der Waals surface area contributed by atoms with Crippen molar-refractivity contribution in [3.63, 3.8) is 0 Å². The van der Waals surface area contributed by atoms with Gasteiger partial charge < -0.3 is 19.5 Å². The lowest BCUT2D eigenvalue weighted by Gasteiger charge is -2.20. The lowest BCUT2D eigenvalue weighted by Crippen LogP contribution is -2.17. The zero-order valence-corrected chi connectivity index (χ0v) is 14.2. The topological polar surface area (TPSA) is 56.8 Å². The molecule has 0 unspecified atom stereocenters. The van der Waals surface area contributed by atoms with E-state index in [0.717, 1.165) is 15.8 Å². The van der Waals surface area contributed by atoms with Crippen molar-refractivity contribution in [2.75, 3.05) is 25.6 Å².